The number of ether oxygens (including phenoxy) is 2. The molecular weight excluding hydrogens is 373 g/mol. The van der Waals surface area contributed by atoms with Crippen molar-refractivity contribution >= 4 is 33.4 Å². The number of benzene rings is 2. The number of aromatic amines is 2. The quantitative estimate of drug-likeness (QED) is 0.552. The second-order valence-corrected chi connectivity index (χ2v) is 6.46. The van der Waals surface area contributed by atoms with Crippen LogP contribution in [0, 0.1) is 12.7 Å². The van der Waals surface area contributed by atoms with Gasteiger partial charge in [-0.1, -0.05) is 11.6 Å². The van der Waals surface area contributed by atoms with E-state index in [1.807, 2.05) is 6.92 Å². The van der Waals surface area contributed by atoms with Crippen molar-refractivity contribution in [1.82, 2.24) is 15.2 Å². The smallest absolute Gasteiger partial charge is 0.233 e. The molecule has 0 bridgehead atoms. The zero-order valence-corrected chi connectivity index (χ0v) is 15.5. The Morgan fingerprint density at radius 1 is 1.11 bits per heavy atom. The van der Waals surface area contributed by atoms with Crippen LogP contribution in [0.2, 0.25) is 5.02 Å². The Labute approximate surface area is 157 Å². The first-order valence-corrected chi connectivity index (χ1v) is 8.45. The first-order chi connectivity index (χ1) is 13.0. The van der Waals surface area contributed by atoms with E-state index in [-0.39, 0.29) is 11.1 Å². The predicted octanol–water partition coefficient (Wildman–Crippen LogP) is 4.19. The number of pyridine rings is 1. The number of fused-ring (bicyclic) bond motifs is 3. The maximum atomic E-state index is 14.4. The van der Waals surface area contributed by atoms with Gasteiger partial charge in [0.15, 0.2) is 11.5 Å². The molecule has 4 aromatic rings. The molecule has 0 aliphatic heterocycles. The Bertz CT molecular complexity index is 1260. The molecule has 2 aromatic heterocycles. The van der Waals surface area contributed by atoms with E-state index < -0.39 is 11.2 Å². The van der Waals surface area contributed by atoms with Gasteiger partial charge in [0.1, 0.15) is 5.75 Å². The van der Waals surface area contributed by atoms with Crippen molar-refractivity contribution in [2.24, 2.45) is 0 Å². The second-order valence-electron chi connectivity index (χ2n) is 6.05. The molecule has 27 heavy (non-hydrogen) atoms. The molecule has 0 radical (unpaired) electrons. The predicted molar refractivity (Wildman–Crippen MR) is 102 cm³/mol. The highest BCUT2D eigenvalue weighted by atomic mass is 35.5. The molecule has 0 unspecified atom stereocenters. The van der Waals surface area contributed by atoms with Gasteiger partial charge in [0.2, 0.25) is 11.2 Å². The van der Waals surface area contributed by atoms with E-state index >= 15 is 0 Å². The zero-order valence-electron chi connectivity index (χ0n) is 14.7. The Balaban J connectivity index is 2.19. The SMILES string of the molecule is COc1ccc(-c2nc3[nH][nH]c(C)c3c3cc(F)c(OC)c(=O)c23)cc1Cl. The summed E-state index contributed by atoms with van der Waals surface area (Å²) < 4.78 is 24.6. The average Bonchev–Trinajstić information content (AvgIpc) is 3.02. The molecule has 4 rings (SSSR count). The van der Waals surface area contributed by atoms with Crippen molar-refractivity contribution < 1.29 is 13.9 Å². The summed E-state index contributed by atoms with van der Waals surface area (Å²) in [7, 11) is 2.78. The standard InChI is InChI=1S/C19H15ClFN3O3/c1-8-14-10-7-12(21)18(27-3)17(25)15(10)16(22-19(14)24-23-8)9-4-5-13(26-2)11(20)6-9/h4-7H,1-3H3,(H2,22,23,24). The molecule has 6 nitrogen and oxygen atoms in total. The lowest BCUT2D eigenvalue weighted by Crippen LogP contribution is -2.10. The molecule has 0 spiro atoms. The highest BCUT2D eigenvalue weighted by Crippen LogP contribution is 2.36. The Hall–Kier alpha value is -3.06. The summed E-state index contributed by atoms with van der Waals surface area (Å²) in [6.07, 6.45) is 0. The molecule has 0 saturated heterocycles. The van der Waals surface area contributed by atoms with Crippen molar-refractivity contribution in [3.8, 4) is 22.8 Å². The maximum Gasteiger partial charge on any atom is 0.233 e. The topological polar surface area (TPSA) is 80.0 Å². The van der Waals surface area contributed by atoms with Gasteiger partial charge in [0, 0.05) is 22.0 Å². The number of methoxy groups -OCH3 is 2. The Morgan fingerprint density at radius 3 is 2.56 bits per heavy atom. The highest BCUT2D eigenvalue weighted by molar-refractivity contribution is 6.32. The van der Waals surface area contributed by atoms with Gasteiger partial charge in [-0.15, -0.1) is 0 Å². The molecule has 2 heterocycles. The van der Waals surface area contributed by atoms with E-state index in [9.17, 15) is 9.18 Å². The number of hydrogen-bond acceptors (Lipinski definition) is 4. The molecule has 0 aliphatic rings. The number of hydrogen-bond donors (Lipinski definition) is 2. The van der Waals surface area contributed by atoms with Gasteiger partial charge in [0.05, 0.1) is 30.3 Å². The van der Waals surface area contributed by atoms with Gasteiger partial charge >= 0.3 is 0 Å². The summed E-state index contributed by atoms with van der Waals surface area (Å²) in [5, 5.41) is 7.63. The van der Waals surface area contributed by atoms with Gasteiger partial charge in [-0.25, -0.2) is 9.37 Å². The van der Waals surface area contributed by atoms with E-state index in [4.69, 9.17) is 21.1 Å². The Kier molecular flexibility index (Phi) is 4.04. The van der Waals surface area contributed by atoms with Gasteiger partial charge in [-0.05, 0) is 31.2 Å². The monoisotopic (exact) mass is 387 g/mol. The van der Waals surface area contributed by atoms with Crippen LogP contribution in [0.5, 0.6) is 11.5 Å². The van der Waals surface area contributed by atoms with Crippen molar-refractivity contribution in [2.75, 3.05) is 14.2 Å². The summed E-state index contributed by atoms with van der Waals surface area (Å²) in [6, 6.07) is 6.38. The lowest BCUT2D eigenvalue weighted by atomic mass is 10.00. The van der Waals surface area contributed by atoms with Crippen molar-refractivity contribution in [1.29, 1.82) is 0 Å². The van der Waals surface area contributed by atoms with Crippen molar-refractivity contribution in [2.45, 2.75) is 6.92 Å². The minimum Gasteiger partial charge on any atom is -0.495 e. The highest BCUT2D eigenvalue weighted by Gasteiger charge is 2.21. The Morgan fingerprint density at radius 2 is 1.89 bits per heavy atom. The third-order valence-corrected chi connectivity index (χ3v) is 4.83. The van der Waals surface area contributed by atoms with Crippen LogP contribution in [0.3, 0.4) is 0 Å². The summed E-state index contributed by atoms with van der Waals surface area (Å²) in [6.45, 7) is 1.82. The first-order valence-electron chi connectivity index (χ1n) is 8.07. The van der Waals surface area contributed by atoms with Gasteiger partial charge in [0.25, 0.3) is 0 Å². The van der Waals surface area contributed by atoms with E-state index in [1.54, 1.807) is 18.2 Å². The largest absolute Gasteiger partial charge is 0.495 e. The lowest BCUT2D eigenvalue weighted by Gasteiger charge is -2.11. The first kappa shape index (κ1) is 17.4. The van der Waals surface area contributed by atoms with E-state index in [1.165, 1.54) is 20.3 Å². The number of halogens is 2. The van der Waals surface area contributed by atoms with Crippen LogP contribution >= 0.6 is 11.6 Å². The normalized spacial score (nSPS) is 11.3. The summed E-state index contributed by atoms with van der Waals surface area (Å²) in [4.78, 5) is 17.6. The number of nitrogens with zero attached hydrogens (tertiary/aromatic N) is 1. The molecular formula is C19H15ClFN3O3. The van der Waals surface area contributed by atoms with Gasteiger partial charge in [-0.3, -0.25) is 9.89 Å². The number of H-pyrrole nitrogens is 2. The fraction of sp³-hybridized carbons (Fsp3) is 0.158. The minimum atomic E-state index is -0.721. The van der Waals surface area contributed by atoms with Crippen LogP contribution in [-0.2, 0) is 0 Å². The van der Waals surface area contributed by atoms with Crippen LogP contribution in [-0.4, -0.2) is 29.4 Å². The van der Waals surface area contributed by atoms with Gasteiger partial charge in [-0.2, -0.15) is 0 Å². The average molecular weight is 388 g/mol. The molecule has 0 atom stereocenters. The third kappa shape index (κ3) is 2.54. The van der Waals surface area contributed by atoms with E-state index in [0.29, 0.717) is 38.4 Å². The summed E-state index contributed by atoms with van der Waals surface area (Å²) in [5.41, 5.74) is 1.66. The number of aryl methyl sites for hydroxylation is 1. The summed E-state index contributed by atoms with van der Waals surface area (Å²) in [5.74, 6) is -0.565. The summed E-state index contributed by atoms with van der Waals surface area (Å²) >= 11 is 6.25. The van der Waals surface area contributed by atoms with Crippen LogP contribution in [0.25, 0.3) is 33.1 Å². The third-order valence-electron chi connectivity index (χ3n) is 4.53. The number of nitrogens with one attached hydrogen (secondary N) is 2. The number of aromatic nitrogens is 3. The van der Waals surface area contributed by atoms with Crippen molar-refractivity contribution in [3.05, 3.63) is 51.0 Å². The zero-order chi connectivity index (χ0) is 19.3. The maximum absolute atomic E-state index is 14.4. The molecule has 8 heteroatoms. The molecule has 138 valence electrons. The van der Waals surface area contributed by atoms with Crippen LogP contribution < -0.4 is 14.9 Å². The fourth-order valence-corrected chi connectivity index (χ4v) is 3.55. The van der Waals surface area contributed by atoms with E-state index in [2.05, 4.69) is 15.2 Å². The van der Waals surface area contributed by atoms with Gasteiger partial charge < -0.3 is 14.6 Å². The van der Waals surface area contributed by atoms with Crippen LogP contribution in [0.1, 0.15) is 5.69 Å². The van der Waals surface area contributed by atoms with Crippen LogP contribution in [0.4, 0.5) is 4.39 Å². The van der Waals surface area contributed by atoms with Crippen LogP contribution in [0.15, 0.2) is 29.1 Å². The lowest BCUT2D eigenvalue weighted by molar-refractivity contribution is 0.384. The minimum absolute atomic E-state index is 0.262. The number of rotatable bonds is 3. The molecule has 0 amide bonds. The molecule has 0 aliphatic carbocycles. The molecule has 2 aromatic carbocycles. The molecule has 0 saturated carbocycles. The second kappa shape index (κ2) is 6.28. The fourth-order valence-electron chi connectivity index (χ4n) is 3.29. The molecule has 0 fully saturated rings. The molecule has 2 N–H and O–H groups in total. The van der Waals surface area contributed by atoms with Crippen molar-refractivity contribution in [3.63, 3.8) is 0 Å². The van der Waals surface area contributed by atoms with E-state index in [0.717, 1.165) is 5.69 Å².